The third-order valence-corrected chi connectivity index (χ3v) is 6.13. The van der Waals surface area contributed by atoms with Crippen LogP contribution in [-0.4, -0.2) is 48.6 Å². The highest BCUT2D eigenvalue weighted by atomic mass is 16.5. The maximum absolute atomic E-state index is 13.4. The Kier molecular flexibility index (Phi) is 5.37. The molecular formula is C26H25N3O3. The van der Waals surface area contributed by atoms with Crippen molar-refractivity contribution in [3.63, 3.8) is 0 Å². The van der Waals surface area contributed by atoms with Crippen LogP contribution in [0.3, 0.4) is 0 Å². The fraction of sp³-hybridized carbons (Fsp3) is 0.231. The van der Waals surface area contributed by atoms with Gasteiger partial charge in [0.05, 0.1) is 24.3 Å². The van der Waals surface area contributed by atoms with Crippen molar-refractivity contribution < 1.29 is 14.3 Å². The Morgan fingerprint density at radius 3 is 2.34 bits per heavy atom. The average molecular weight is 428 g/mol. The van der Waals surface area contributed by atoms with Crippen LogP contribution in [0.5, 0.6) is 0 Å². The first-order valence-electron chi connectivity index (χ1n) is 10.8. The number of rotatable bonds is 4. The monoisotopic (exact) mass is 427 g/mol. The van der Waals surface area contributed by atoms with Gasteiger partial charge in [-0.05, 0) is 42.8 Å². The Morgan fingerprint density at radius 2 is 1.56 bits per heavy atom. The second-order valence-electron chi connectivity index (χ2n) is 8.30. The van der Waals surface area contributed by atoms with E-state index in [1.165, 1.54) is 0 Å². The molecule has 2 amide bonds. The van der Waals surface area contributed by atoms with E-state index in [0.29, 0.717) is 31.6 Å². The van der Waals surface area contributed by atoms with Crippen molar-refractivity contribution in [2.24, 2.45) is 0 Å². The molecule has 0 radical (unpaired) electrons. The number of hydrogen-bond acceptors (Lipinski definition) is 4. The number of anilines is 3. The van der Waals surface area contributed by atoms with E-state index in [4.69, 9.17) is 4.74 Å². The molecule has 32 heavy (non-hydrogen) atoms. The van der Waals surface area contributed by atoms with Crippen molar-refractivity contribution in [1.29, 1.82) is 0 Å². The zero-order chi connectivity index (χ0) is 22.0. The molecule has 2 aliphatic heterocycles. The Hall–Kier alpha value is -3.64. The first kappa shape index (κ1) is 20.3. The molecular weight excluding hydrogens is 402 g/mol. The fourth-order valence-electron chi connectivity index (χ4n) is 4.45. The third-order valence-electron chi connectivity index (χ3n) is 6.13. The summed E-state index contributed by atoms with van der Waals surface area (Å²) >= 11 is 0. The Labute approximate surface area is 187 Å². The van der Waals surface area contributed by atoms with Crippen LogP contribution < -0.4 is 10.2 Å². The zero-order valence-electron chi connectivity index (χ0n) is 17.7. The van der Waals surface area contributed by atoms with Crippen LogP contribution in [0.15, 0.2) is 84.9 Å². The minimum absolute atomic E-state index is 0.0308. The van der Waals surface area contributed by atoms with Crippen LogP contribution in [0.25, 0.3) is 0 Å². The highest BCUT2D eigenvalue weighted by Crippen LogP contribution is 2.33. The molecule has 0 unspecified atom stereocenters. The van der Waals surface area contributed by atoms with E-state index in [1.54, 1.807) is 4.90 Å². The highest BCUT2D eigenvalue weighted by Gasteiger charge is 2.46. The summed E-state index contributed by atoms with van der Waals surface area (Å²) < 4.78 is 6.03. The summed E-state index contributed by atoms with van der Waals surface area (Å²) in [5.41, 5.74) is 2.65. The zero-order valence-corrected chi connectivity index (χ0v) is 17.7. The van der Waals surface area contributed by atoms with E-state index >= 15 is 0 Å². The van der Waals surface area contributed by atoms with Gasteiger partial charge >= 0.3 is 0 Å². The van der Waals surface area contributed by atoms with E-state index < -0.39 is 5.60 Å². The number of para-hydroxylation sites is 3. The number of nitrogens with zero attached hydrogens (tertiary/aromatic N) is 2. The first-order chi connectivity index (χ1) is 15.6. The minimum Gasteiger partial charge on any atom is -0.361 e. The number of nitrogens with one attached hydrogen (secondary N) is 1. The van der Waals surface area contributed by atoms with Gasteiger partial charge in [-0.15, -0.1) is 0 Å². The third kappa shape index (κ3) is 3.97. The second-order valence-corrected chi connectivity index (χ2v) is 8.30. The highest BCUT2D eigenvalue weighted by molar-refractivity contribution is 6.00. The van der Waals surface area contributed by atoms with Crippen LogP contribution in [0, 0.1) is 0 Å². The van der Waals surface area contributed by atoms with Gasteiger partial charge in [-0.25, -0.2) is 0 Å². The summed E-state index contributed by atoms with van der Waals surface area (Å²) in [5.74, 6) is -0.0864. The average Bonchev–Trinajstić information content (AvgIpc) is 3.25. The lowest BCUT2D eigenvalue weighted by Crippen LogP contribution is -2.56. The molecule has 2 saturated heterocycles. The number of carbonyl (C=O) groups excluding carboxylic acids is 2. The molecule has 6 heteroatoms. The maximum Gasteiger partial charge on any atom is 0.256 e. The fourth-order valence-corrected chi connectivity index (χ4v) is 4.45. The number of likely N-dealkylation sites (tertiary alicyclic amines) is 1. The molecule has 1 N–H and O–H groups in total. The Morgan fingerprint density at radius 1 is 0.875 bits per heavy atom. The SMILES string of the molecule is O=C(c1ccccc1Nc1ccccc1)N1CC[C@]2(C1)CN(c1ccccc1)C(=O)CO2. The summed E-state index contributed by atoms with van der Waals surface area (Å²) in [5, 5.41) is 3.35. The normalized spacial score (nSPS) is 20.6. The summed E-state index contributed by atoms with van der Waals surface area (Å²) in [6, 6.07) is 27.0. The van der Waals surface area contributed by atoms with Crippen molar-refractivity contribution in [2.45, 2.75) is 12.0 Å². The van der Waals surface area contributed by atoms with Gasteiger partial charge in [0.1, 0.15) is 12.2 Å². The summed E-state index contributed by atoms with van der Waals surface area (Å²) in [7, 11) is 0. The lowest BCUT2D eigenvalue weighted by molar-refractivity contribution is -0.137. The standard InChI is InChI=1S/C26H25N3O3/c30-24-17-32-26(19-29(24)21-11-5-2-6-12-21)15-16-28(18-26)25(31)22-13-7-8-14-23(22)27-20-9-3-1-4-10-20/h1-14,27H,15-19H2/t26-/m0/s1. The van der Waals surface area contributed by atoms with Gasteiger partial charge in [0.2, 0.25) is 0 Å². The van der Waals surface area contributed by atoms with Crippen LogP contribution >= 0.6 is 0 Å². The molecule has 1 atom stereocenters. The molecule has 0 aliphatic carbocycles. The van der Waals surface area contributed by atoms with Crippen molar-refractivity contribution >= 4 is 28.9 Å². The largest absolute Gasteiger partial charge is 0.361 e. The molecule has 2 aliphatic rings. The van der Waals surface area contributed by atoms with Crippen molar-refractivity contribution in [1.82, 2.24) is 4.90 Å². The van der Waals surface area contributed by atoms with Crippen LogP contribution in [0.2, 0.25) is 0 Å². The van der Waals surface area contributed by atoms with Crippen molar-refractivity contribution in [3.05, 3.63) is 90.5 Å². The van der Waals surface area contributed by atoms with Gasteiger partial charge in [0.15, 0.2) is 0 Å². The van der Waals surface area contributed by atoms with E-state index in [9.17, 15) is 9.59 Å². The molecule has 2 fully saturated rings. The van der Waals surface area contributed by atoms with Crippen LogP contribution in [0.4, 0.5) is 17.1 Å². The molecule has 0 aromatic heterocycles. The Bertz CT molecular complexity index is 1120. The topological polar surface area (TPSA) is 61.9 Å². The maximum atomic E-state index is 13.4. The van der Waals surface area contributed by atoms with Crippen LogP contribution in [-0.2, 0) is 9.53 Å². The quantitative estimate of drug-likeness (QED) is 0.682. The van der Waals surface area contributed by atoms with Gasteiger partial charge < -0.3 is 19.9 Å². The molecule has 0 bridgehead atoms. The summed E-state index contributed by atoms with van der Waals surface area (Å²) in [6.45, 7) is 1.53. The molecule has 1 spiro atoms. The number of benzene rings is 3. The van der Waals surface area contributed by atoms with Crippen molar-refractivity contribution in [2.75, 3.05) is 36.5 Å². The number of ether oxygens (including phenoxy) is 1. The molecule has 0 saturated carbocycles. The molecule has 3 aromatic carbocycles. The van der Waals surface area contributed by atoms with E-state index in [2.05, 4.69) is 5.32 Å². The molecule has 5 rings (SSSR count). The van der Waals surface area contributed by atoms with E-state index in [1.807, 2.05) is 89.8 Å². The van der Waals surface area contributed by atoms with Gasteiger partial charge in [-0.1, -0.05) is 48.5 Å². The summed E-state index contributed by atoms with van der Waals surface area (Å²) in [4.78, 5) is 29.6. The van der Waals surface area contributed by atoms with E-state index in [0.717, 1.165) is 17.1 Å². The van der Waals surface area contributed by atoms with Gasteiger partial charge in [0.25, 0.3) is 11.8 Å². The lowest BCUT2D eigenvalue weighted by atomic mass is 10.00. The number of amides is 2. The molecule has 6 nitrogen and oxygen atoms in total. The Balaban J connectivity index is 1.34. The first-order valence-corrected chi connectivity index (χ1v) is 10.8. The number of carbonyl (C=O) groups is 2. The number of morpholine rings is 1. The van der Waals surface area contributed by atoms with E-state index in [-0.39, 0.29) is 18.4 Å². The smallest absolute Gasteiger partial charge is 0.256 e. The van der Waals surface area contributed by atoms with Gasteiger partial charge in [-0.2, -0.15) is 0 Å². The summed E-state index contributed by atoms with van der Waals surface area (Å²) in [6.07, 6.45) is 0.698. The van der Waals surface area contributed by atoms with Crippen molar-refractivity contribution in [3.8, 4) is 0 Å². The van der Waals surface area contributed by atoms with Crippen LogP contribution in [0.1, 0.15) is 16.8 Å². The lowest BCUT2D eigenvalue weighted by Gasteiger charge is -2.40. The van der Waals surface area contributed by atoms with Gasteiger partial charge in [0, 0.05) is 17.9 Å². The second kappa shape index (κ2) is 8.48. The molecule has 2 heterocycles. The minimum atomic E-state index is -0.540. The predicted molar refractivity (Wildman–Crippen MR) is 124 cm³/mol. The molecule has 3 aromatic rings. The number of hydrogen-bond donors (Lipinski definition) is 1. The predicted octanol–water partition coefficient (Wildman–Crippen LogP) is 4.08. The molecule has 162 valence electrons. The van der Waals surface area contributed by atoms with Gasteiger partial charge in [-0.3, -0.25) is 9.59 Å².